The number of carbonyl (C=O) groups excluding carboxylic acids is 1. The Kier molecular flexibility index (Phi) is 6.63. The third kappa shape index (κ3) is 4.57. The molecule has 32 heavy (non-hydrogen) atoms. The second kappa shape index (κ2) is 9.43. The Labute approximate surface area is 185 Å². The van der Waals surface area contributed by atoms with Gasteiger partial charge in [0.05, 0.1) is 13.2 Å². The molecular formula is C23H27NO8. The van der Waals surface area contributed by atoms with Crippen molar-refractivity contribution < 1.29 is 39.4 Å². The topological polar surface area (TPSA) is 152 Å². The molecule has 2 heterocycles. The molecule has 1 unspecified atom stereocenters. The number of anilines is 1. The zero-order valence-electron chi connectivity index (χ0n) is 17.3. The van der Waals surface area contributed by atoms with Crippen LogP contribution >= 0.6 is 0 Å². The number of esters is 1. The Hall–Kier alpha value is -2.69. The Balaban J connectivity index is 1.49. The lowest BCUT2D eigenvalue weighted by Crippen LogP contribution is -2.55. The fraction of sp³-hybridized carbons (Fsp3) is 0.435. The lowest BCUT2D eigenvalue weighted by molar-refractivity contribution is -0.231. The van der Waals surface area contributed by atoms with Crippen LogP contribution in [0.5, 0.6) is 5.75 Å². The van der Waals surface area contributed by atoms with Gasteiger partial charge in [-0.15, -0.1) is 0 Å². The van der Waals surface area contributed by atoms with E-state index in [9.17, 15) is 25.2 Å². The van der Waals surface area contributed by atoms with Crippen molar-refractivity contribution in [1.82, 2.24) is 0 Å². The summed E-state index contributed by atoms with van der Waals surface area (Å²) >= 11 is 0. The normalized spacial score (nSPS) is 30.2. The number of aliphatic hydroxyl groups is 4. The van der Waals surface area contributed by atoms with Gasteiger partial charge >= 0.3 is 5.97 Å². The number of hydrogen-bond acceptors (Lipinski definition) is 9. The highest BCUT2D eigenvalue weighted by Crippen LogP contribution is 2.34. The molecule has 172 valence electrons. The highest BCUT2D eigenvalue weighted by atomic mass is 16.6. The molecular weight excluding hydrogens is 418 g/mol. The summed E-state index contributed by atoms with van der Waals surface area (Å²) in [5, 5.41) is 39.9. The number of carbonyl (C=O) groups is 1. The molecule has 0 spiro atoms. The van der Waals surface area contributed by atoms with E-state index < -0.39 is 43.2 Å². The first-order valence-corrected chi connectivity index (χ1v) is 10.5. The number of nitrogen functional groups attached to an aromatic ring is 1. The summed E-state index contributed by atoms with van der Waals surface area (Å²) in [4.78, 5) is 11.6. The molecule has 6 atom stereocenters. The Morgan fingerprint density at radius 2 is 1.78 bits per heavy atom. The van der Waals surface area contributed by atoms with Gasteiger partial charge in [-0.2, -0.15) is 0 Å². The Morgan fingerprint density at radius 3 is 2.44 bits per heavy atom. The van der Waals surface area contributed by atoms with Crippen molar-refractivity contribution in [1.29, 1.82) is 0 Å². The van der Waals surface area contributed by atoms with Crippen molar-refractivity contribution in [2.45, 2.75) is 49.5 Å². The van der Waals surface area contributed by atoms with E-state index in [4.69, 9.17) is 19.9 Å². The number of cyclic esters (lactones) is 1. The first-order chi connectivity index (χ1) is 15.4. The van der Waals surface area contributed by atoms with Crippen LogP contribution in [0.25, 0.3) is 0 Å². The quantitative estimate of drug-likeness (QED) is 0.307. The third-order valence-electron chi connectivity index (χ3n) is 5.87. The van der Waals surface area contributed by atoms with Crippen LogP contribution in [0.2, 0.25) is 0 Å². The maximum atomic E-state index is 11.6. The van der Waals surface area contributed by atoms with Crippen LogP contribution in [0.1, 0.15) is 29.2 Å². The summed E-state index contributed by atoms with van der Waals surface area (Å²) in [5.74, 6) is 0.215. The number of rotatable bonds is 6. The van der Waals surface area contributed by atoms with E-state index in [0.29, 0.717) is 36.4 Å². The molecule has 0 aliphatic carbocycles. The van der Waals surface area contributed by atoms with Gasteiger partial charge in [0.15, 0.2) is 6.10 Å². The second-order valence-electron chi connectivity index (χ2n) is 8.09. The number of benzene rings is 2. The van der Waals surface area contributed by atoms with Crippen LogP contribution in [0.3, 0.4) is 0 Å². The van der Waals surface area contributed by atoms with Crippen LogP contribution in [0.15, 0.2) is 42.5 Å². The van der Waals surface area contributed by atoms with Crippen molar-refractivity contribution in [2.24, 2.45) is 0 Å². The summed E-state index contributed by atoms with van der Waals surface area (Å²) in [6.07, 6.45) is -5.68. The minimum Gasteiger partial charge on any atom is -0.479 e. The van der Waals surface area contributed by atoms with Crippen molar-refractivity contribution in [3.05, 3.63) is 59.2 Å². The second-order valence-corrected chi connectivity index (χ2v) is 8.09. The van der Waals surface area contributed by atoms with Crippen molar-refractivity contribution in [3.63, 3.8) is 0 Å². The zero-order chi connectivity index (χ0) is 22.8. The number of ether oxygens (including phenoxy) is 3. The lowest BCUT2D eigenvalue weighted by Gasteiger charge is -2.40. The summed E-state index contributed by atoms with van der Waals surface area (Å²) in [5.41, 5.74) is 9.01. The first-order valence-electron chi connectivity index (χ1n) is 10.5. The molecule has 2 aliphatic rings. The summed E-state index contributed by atoms with van der Waals surface area (Å²) in [7, 11) is 0. The standard InChI is InChI=1S/C23H27NO8/c24-16-6-3-13(22-21(28)20(27)19(26)18(11-25)32-22)10-14(16)9-12-1-4-15(5-2-12)31-17-7-8-30-23(17)29/h1-6,10,17-22,25-28H,7-9,11,24H2/t17?,18-,19-,20-,21-,22+/m1/s1. The van der Waals surface area contributed by atoms with E-state index in [2.05, 4.69) is 0 Å². The van der Waals surface area contributed by atoms with Crippen LogP contribution < -0.4 is 10.5 Å². The van der Waals surface area contributed by atoms with Gasteiger partial charge in [-0.1, -0.05) is 24.3 Å². The van der Waals surface area contributed by atoms with Gasteiger partial charge in [0.1, 0.15) is 36.3 Å². The number of nitrogens with two attached hydrogens (primary N) is 1. The predicted molar refractivity (Wildman–Crippen MR) is 113 cm³/mol. The largest absolute Gasteiger partial charge is 0.479 e. The van der Waals surface area contributed by atoms with Crippen molar-refractivity contribution >= 4 is 11.7 Å². The molecule has 0 saturated carbocycles. The highest BCUT2D eigenvalue weighted by Gasteiger charge is 2.44. The van der Waals surface area contributed by atoms with Gasteiger partial charge in [0.2, 0.25) is 0 Å². The molecule has 2 fully saturated rings. The van der Waals surface area contributed by atoms with Crippen LogP contribution in [-0.2, 0) is 20.7 Å². The van der Waals surface area contributed by atoms with Crippen molar-refractivity contribution in [2.75, 3.05) is 18.9 Å². The molecule has 2 aliphatic heterocycles. The van der Waals surface area contributed by atoms with E-state index in [1.54, 1.807) is 30.3 Å². The molecule has 9 nitrogen and oxygen atoms in total. The average molecular weight is 445 g/mol. The first kappa shape index (κ1) is 22.5. The zero-order valence-corrected chi connectivity index (χ0v) is 17.3. The molecule has 2 saturated heterocycles. The highest BCUT2D eigenvalue weighted by molar-refractivity contribution is 5.76. The van der Waals surface area contributed by atoms with Gasteiger partial charge in [-0.05, 0) is 41.3 Å². The maximum absolute atomic E-state index is 11.6. The minimum absolute atomic E-state index is 0.355. The summed E-state index contributed by atoms with van der Waals surface area (Å²) in [6.45, 7) is -0.123. The predicted octanol–water partition coefficient (Wildman–Crippen LogP) is 0.0688. The van der Waals surface area contributed by atoms with Gasteiger partial charge in [0.25, 0.3) is 0 Å². The fourth-order valence-electron chi connectivity index (χ4n) is 3.99. The SMILES string of the molecule is Nc1ccc([C@@H]2O[C@H](CO)[C@@H](O)[C@@H](O)[C@H]2O)cc1Cc1ccc(OC2CCOC2=O)cc1. The van der Waals surface area contributed by atoms with Gasteiger partial charge in [-0.25, -0.2) is 4.79 Å². The molecule has 0 bridgehead atoms. The van der Waals surface area contributed by atoms with Gasteiger partial charge < -0.3 is 40.4 Å². The summed E-state index contributed by atoms with van der Waals surface area (Å²) in [6, 6.07) is 12.4. The molecule has 0 radical (unpaired) electrons. The Bertz CT molecular complexity index is 948. The van der Waals surface area contributed by atoms with Crippen LogP contribution in [0, 0.1) is 0 Å². The molecule has 2 aromatic rings. The number of aliphatic hydroxyl groups excluding tert-OH is 4. The Morgan fingerprint density at radius 1 is 1.03 bits per heavy atom. The van der Waals surface area contributed by atoms with E-state index in [1.165, 1.54) is 0 Å². The van der Waals surface area contributed by atoms with E-state index in [1.807, 2.05) is 12.1 Å². The average Bonchev–Trinajstić information content (AvgIpc) is 3.19. The molecule has 9 heteroatoms. The molecule has 4 rings (SSSR count). The molecule has 2 aromatic carbocycles. The van der Waals surface area contributed by atoms with E-state index in [0.717, 1.165) is 11.1 Å². The maximum Gasteiger partial charge on any atom is 0.347 e. The molecule has 0 aromatic heterocycles. The smallest absolute Gasteiger partial charge is 0.347 e. The summed E-state index contributed by atoms with van der Waals surface area (Å²) < 4.78 is 16.2. The van der Waals surface area contributed by atoms with Crippen molar-refractivity contribution in [3.8, 4) is 5.75 Å². The van der Waals surface area contributed by atoms with E-state index in [-0.39, 0.29) is 5.97 Å². The van der Waals surface area contributed by atoms with Gasteiger partial charge in [0, 0.05) is 12.1 Å². The lowest BCUT2D eigenvalue weighted by atomic mass is 9.89. The van der Waals surface area contributed by atoms with Gasteiger partial charge in [-0.3, -0.25) is 0 Å². The number of hydrogen-bond donors (Lipinski definition) is 5. The van der Waals surface area contributed by atoms with Crippen LogP contribution in [-0.4, -0.2) is 70.1 Å². The third-order valence-corrected chi connectivity index (χ3v) is 5.87. The molecule has 6 N–H and O–H groups in total. The molecule has 0 amide bonds. The van der Waals surface area contributed by atoms with Crippen LogP contribution in [0.4, 0.5) is 5.69 Å². The van der Waals surface area contributed by atoms with E-state index >= 15 is 0 Å². The monoisotopic (exact) mass is 445 g/mol. The minimum atomic E-state index is -1.45. The fourth-order valence-corrected chi connectivity index (χ4v) is 3.99.